The van der Waals surface area contributed by atoms with Gasteiger partial charge in [-0.2, -0.15) is 0 Å². The summed E-state index contributed by atoms with van der Waals surface area (Å²) in [5, 5.41) is 21.5. The summed E-state index contributed by atoms with van der Waals surface area (Å²) in [5.41, 5.74) is 0.746. The Bertz CT molecular complexity index is 994. The predicted octanol–water partition coefficient (Wildman–Crippen LogP) is 0.310. The molecule has 4 rings (SSSR count). The highest BCUT2D eigenvalue weighted by molar-refractivity contribution is 8.03. The number of likely N-dealkylation sites (N-methyl/N-ethyl adjacent to an activating group) is 1. The number of carbonyl (C=O) groups is 3. The molecule has 2 amide bonds. The number of carbonyl (C=O) groups excluding carboxylic acids is 2. The third kappa shape index (κ3) is 4.04. The number of nitrogens with one attached hydrogen (secondary N) is 1. The van der Waals surface area contributed by atoms with E-state index in [1.165, 1.54) is 16.7 Å². The van der Waals surface area contributed by atoms with Crippen molar-refractivity contribution in [3.05, 3.63) is 22.5 Å². The van der Waals surface area contributed by atoms with Crippen LogP contribution >= 0.6 is 11.8 Å². The number of carboxylic acid groups (broad SMARTS) is 1. The fourth-order valence-electron chi connectivity index (χ4n) is 5.04. The van der Waals surface area contributed by atoms with E-state index in [1.807, 2.05) is 13.8 Å². The number of methoxy groups -OCH3 is 1. The molecule has 0 bridgehead atoms. The van der Waals surface area contributed by atoms with Gasteiger partial charge in [0.2, 0.25) is 11.8 Å². The molecule has 12 heteroatoms. The second-order valence-corrected chi connectivity index (χ2v) is 10.4. The van der Waals surface area contributed by atoms with Crippen molar-refractivity contribution in [2.24, 2.45) is 11.8 Å². The van der Waals surface area contributed by atoms with Crippen LogP contribution in [0.1, 0.15) is 32.0 Å². The Labute approximate surface area is 196 Å². The maximum absolute atomic E-state index is 13.1. The maximum atomic E-state index is 13.1. The minimum Gasteiger partial charge on any atom is -0.477 e. The van der Waals surface area contributed by atoms with E-state index in [-0.39, 0.29) is 46.8 Å². The Hall–Kier alpha value is -2.44. The SMILES string of the molecule is COCc1cn(C(C)[C@H]2C(=O)N3C(C(=O)O)=C(S[C@@H]4CN[C@H](C(=O)N(C)C)C4)[C@H](C)[C@H]23)nn1. The van der Waals surface area contributed by atoms with Crippen LogP contribution in [0.2, 0.25) is 0 Å². The van der Waals surface area contributed by atoms with E-state index < -0.39 is 11.9 Å². The van der Waals surface area contributed by atoms with Crippen molar-refractivity contribution in [1.29, 1.82) is 0 Å². The first-order chi connectivity index (χ1) is 15.6. The molecule has 33 heavy (non-hydrogen) atoms. The second kappa shape index (κ2) is 9.07. The Morgan fingerprint density at radius 3 is 2.79 bits per heavy atom. The summed E-state index contributed by atoms with van der Waals surface area (Å²) in [4.78, 5) is 41.3. The Balaban J connectivity index is 1.51. The van der Waals surface area contributed by atoms with Gasteiger partial charge in [0.05, 0.1) is 36.8 Å². The lowest BCUT2D eigenvalue weighted by molar-refractivity contribution is -0.159. The van der Waals surface area contributed by atoms with Gasteiger partial charge in [0, 0.05) is 43.8 Å². The normalized spacial score (nSPS) is 29.8. The van der Waals surface area contributed by atoms with Crippen LogP contribution in [-0.2, 0) is 25.7 Å². The average molecular weight is 479 g/mol. The first-order valence-electron chi connectivity index (χ1n) is 11.0. The molecule has 0 radical (unpaired) electrons. The molecule has 1 unspecified atom stereocenters. The number of hydrogen-bond donors (Lipinski definition) is 2. The van der Waals surface area contributed by atoms with E-state index in [2.05, 4.69) is 15.6 Å². The monoisotopic (exact) mass is 478 g/mol. The number of nitrogens with zero attached hydrogens (tertiary/aromatic N) is 5. The third-order valence-electron chi connectivity index (χ3n) is 6.70. The molecule has 2 fully saturated rings. The van der Waals surface area contributed by atoms with Crippen LogP contribution in [0.25, 0.3) is 0 Å². The topological polar surface area (TPSA) is 130 Å². The molecule has 2 saturated heterocycles. The number of rotatable bonds is 8. The van der Waals surface area contributed by atoms with Crippen LogP contribution in [0.5, 0.6) is 0 Å². The van der Waals surface area contributed by atoms with E-state index in [9.17, 15) is 19.5 Å². The van der Waals surface area contributed by atoms with E-state index in [0.717, 1.165) is 0 Å². The molecule has 3 aliphatic rings. The molecule has 0 aromatic carbocycles. The van der Waals surface area contributed by atoms with Crippen LogP contribution in [-0.4, -0.2) is 92.8 Å². The molecule has 0 aliphatic carbocycles. The van der Waals surface area contributed by atoms with Gasteiger partial charge in [0.25, 0.3) is 0 Å². The van der Waals surface area contributed by atoms with Gasteiger partial charge in [0.1, 0.15) is 11.4 Å². The number of amides is 2. The van der Waals surface area contributed by atoms with Crippen molar-refractivity contribution in [2.45, 2.75) is 50.3 Å². The Morgan fingerprint density at radius 2 is 2.15 bits per heavy atom. The molecular formula is C21H30N6O5S. The number of β-lactam (4-membered cyclic amide) rings is 1. The van der Waals surface area contributed by atoms with E-state index in [0.29, 0.717) is 30.2 Å². The first-order valence-corrected chi connectivity index (χ1v) is 11.8. The Kier molecular flexibility index (Phi) is 6.52. The fraction of sp³-hybridized carbons (Fsp3) is 0.667. The average Bonchev–Trinajstić information content (AvgIpc) is 3.47. The quantitative estimate of drug-likeness (QED) is 0.507. The van der Waals surface area contributed by atoms with Crippen molar-refractivity contribution in [1.82, 2.24) is 30.1 Å². The van der Waals surface area contributed by atoms with Crippen molar-refractivity contribution in [3.63, 3.8) is 0 Å². The van der Waals surface area contributed by atoms with Gasteiger partial charge >= 0.3 is 5.97 Å². The van der Waals surface area contributed by atoms with Crippen LogP contribution in [0.15, 0.2) is 16.8 Å². The molecule has 0 spiro atoms. The summed E-state index contributed by atoms with van der Waals surface area (Å²) < 4.78 is 6.75. The van der Waals surface area contributed by atoms with Gasteiger partial charge < -0.3 is 25.0 Å². The van der Waals surface area contributed by atoms with Crippen molar-refractivity contribution >= 4 is 29.5 Å². The maximum Gasteiger partial charge on any atom is 0.353 e. The fourth-order valence-corrected chi connectivity index (χ4v) is 6.52. The van der Waals surface area contributed by atoms with Gasteiger partial charge in [-0.25, -0.2) is 9.48 Å². The zero-order valence-corrected chi connectivity index (χ0v) is 20.2. The standard InChI is InChI=1S/C21H30N6O5S/c1-10-16-15(11(2)26-8-12(9-32-5)23-24-26)20(29)27(16)17(21(30)31)18(10)33-13-6-14(22-7-13)19(28)25(3)4/h8,10-11,13-16,22H,6-7,9H2,1-5H3,(H,30,31)/t10-,11?,13+,14+,15-,16-/m1/s1. The zero-order chi connectivity index (χ0) is 24.0. The van der Waals surface area contributed by atoms with Gasteiger partial charge in [-0.05, 0) is 13.3 Å². The lowest BCUT2D eigenvalue weighted by Crippen LogP contribution is -2.62. The molecule has 1 aromatic rings. The van der Waals surface area contributed by atoms with Gasteiger partial charge in [-0.15, -0.1) is 16.9 Å². The predicted molar refractivity (Wildman–Crippen MR) is 120 cm³/mol. The molecule has 0 saturated carbocycles. The smallest absolute Gasteiger partial charge is 0.353 e. The number of aliphatic carboxylic acids is 1. The summed E-state index contributed by atoms with van der Waals surface area (Å²) in [6.07, 6.45) is 2.38. The summed E-state index contributed by atoms with van der Waals surface area (Å²) in [7, 11) is 5.02. The van der Waals surface area contributed by atoms with E-state index in [4.69, 9.17) is 4.74 Å². The Morgan fingerprint density at radius 1 is 1.42 bits per heavy atom. The van der Waals surface area contributed by atoms with E-state index in [1.54, 1.807) is 37.0 Å². The highest BCUT2D eigenvalue weighted by Crippen LogP contribution is 2.53. The van der Waals surface area contributed by atoms with E-state index >= 15 is 0 Å². The summed E-state index contributed by atoms with van der Waals surface area (Å²) in [6.45, 7) is 4.82. The number of ether oxygens (including phenoxy) is 1. The van der Waals surface area contributed by atoms with Gasteiger partial charge in [0.15, 0.2) is 0 Å². The van der Waals surface area contributed by atoms with Gasteiger partial charge in [-0.1, -0.05) is 12.1 Å². The summed E-state index contributed by atoms with van der Waals surface area (Å²) in [6, 6.07) is -0.790. The molecule has 6 atom stereocenters. The number of fused-ring (bicyclic) bond motifs is 1. The van der Waals surface area contributed by atoms with Crippen molar-refractivity contribution < 1.29 is 24.2 Å². The van der Waals surface area contributed by atoms with Crippen LogP contribution in [0, 0.1) is 11.8 Å². The van der Waals surface area contributed by atoms with Crippen LogP contribution < -0.4 is 5.32 Å². The number of thioether (sulfide) groups is 1. The molecule has 180 valence electrons. The van der Waals surface area contributed by atoms with Crippen molar-refractivity contribution in [3.8, 4) is 0 Å². The first kappa shape index (κ1) is 23.7. The van der Waals surface area contributed by atoms with Gasteiger partial charge in [-0.3, -0.25) is 9.59 Å². The number of aromatic nitrogens is 3. The lowest BCUT2D eigenvalue weighted by Gasteiger charge is -2.47. The molecule has 3 aliphatic heterocycles. The summed E-state index contributed by atoms with van der Waals surface area (Å²) in [5.74, 6) is -1.81. The largest absolute Gasteiger partial charge is 0.477 e. The highest BCUT2D eigenvalue weighted by atomic mass is 32.2. The third-order valence-corrected chi connectivity index (χ3v) is 8.21. The molecule has 11 nitrogen and oxygen atoms in total. The second-order valence-electron chi connectivity index (χ2n) is 9.06. The van der Waals surface area contributed by atoms with Crippen molar-refractivity contribution in [2.75, 3.05) is 27.7 Å². The van der Waals surface area contributed by atoms with Crippen LogP contribution in [0.3, 0.4) is 0 Å². The minimum atomic E-state index is -1.10. The lowest BCUT2D eigenvalue weighted by atomic mass is 9.78. The number of hydrogen-bond acceptors (Lipinski definition) is 8. The molecule has 1 aromatic heterocycles. The number of carboxylic acids is 1. The highest BCUT2D eigenvalue weighted by Gasteiger charge is 2.60. The molecule has 4 heterocycles. The zero-order valence-electron chi connectivity index (χ0n) is 19.4. The van der Waals surface area contributed by atoms with Crippen LogP contribution in [0.4, 0.5) is 0 Å². The molecule has 2 N–H and O–H groups in total. The molecular weight excluding hydrogens is 448 g/mol. The summed E-state index contributed by atoms with van der Waals surface area (Å²) >= 11 is 1.48. The minimum absolute atomic E-state index is 0.0126.